The van der Waals surface area contributed by atoms with E-state index in [0.717, 1.165) is 0 Å². The molecule has 7 heteroatoms. The Labute approximate surface area is 75.6 Å². The topological polar surface area (TPSA) is 65.8 Å². The molecule has 0 aromatic heterocycles. The highest BCUT2D eigenvalue weighted by Crippen LogP contribution is 2.15. The van der Waals surface area contributed by atoms with E-state index in [9.17, 15) is 18.0 Å². The smallest absolute Gasteiger partial charge is 0.252 e. The van der Waals surface area contributed by atoms with Crippen LogP contribution >= 0.6 is 0 Å². The summed E-state index contributed by atoms with van der Waals surface area (Å²) < 4.78 is 37.8. The summed E-state index contributed by atoms with van der Waals surface area (Å²) in [7, 11) is 0. The van der Waals surface area contributed by atoms with Gasteiger partial charge in [-0.25, -0.2) is 13.2 Å². The van der Waals surface area contributed by atoms with Crippen LogP contribution in [0.1, 0.15) is 10.4 Å². The summed E-state index contributed by atoms with van der Waals surface area (Å²) in [6.07, 6.45) is 0. The first kappa shape index (κ1) is 10.1. The normalized spacial score (nSPS) is 9.36. The van der Waals surface area contributed by atoms with Crippen molar-refractivity contribution >= 4 is 5.91 Å². The van der Waals surface area contributed by atoms with Crippen LogP contribution in [-0.4, -0.2) is 5.91 Å². The molecular weight excluding hydrogens is 199 g/mol. The highest BCUT2D eigenvalue weighted by atomic mass is 19.2. The summed E-state index contributed by atoms with van der Waals surface area (Å²) in [6, 6.07) is 1.27. The van der Waals surface area contributed by atoms with E-state index in [2.05, 4.69) is 10.0 Å². The number of rotatable bonds is 1. The van der Waals surface area contributed by atoms with Crippen LogP contribution < -0.4 is 0 Å². The fourth-order valence-electron chi connectivity index (χ4n) is 0.786. The van der Waals surface area contributed by atoms with E-state index in [0.29, 0.717) is 12.1 Å². The van der Waals surface area contributed by atoms with Gasteiger partial charge in [-0.15, -0.1) is 0 Å². The van der Waals surface area contributed by atoms with Gasteiger partial charge in [0, 0.05) is 4.91 Å². The summed E-state index contributed by atoms with van der Waals surface area (Å²) in [5, 5.41) is 2.54. The lowest BCUT2D eigenvalue weighted by Crippen LogP contribution is -2.02. The number of benzene rings is 1. The molecule has 0 atom stereocenters. The molecule has 0 N–H and O–H groups in total. The van der Waals surface area contributed by atoms with Gasteiger partial charge < -0.3 is 0 Å². The number of hydrogen-bond acceptors (Lipinski definition) is 1. The number of halogens is 3. The number of carbonyl (C=O) groups is 1. The second kappa shape index (κ2) is 3.80. The lowest BCUT2D eigenvalue weighted by molar-refractivity contribution is 0.0995. The van der Waals surface area contributed by atoms with Gasteiger partial charge in [-0.2, -0.15) is 0 Å². The molecule has 0 fully saturated rings. The average molecular weight is 201 g/mol. The van der Waals surface area contributed by atoms with Crippen molar-refractivity contribution in [3.05, 3.63) is 45.6 Å². The van der Waals surface area contributed by atoms with E-state index in [-0.39, 0.29) is 0 Å². The highest BCUT2D eigenvalue weighted by Gasteiger charge is 2.17. The van der Waals surface area contributed by atoms with E-state index in [4.69, 9.17) is 5.53 Å². The van der Waals surface area contributed by atoms with Crippen molar-refractivity contribution in [2.24, 2.45) is 5.11 Å². The Morgan fingerprint density at radius 1 is 1.29 bits per heavy atom. The number of carbonyl (C=O) groups excluding carboxylic acids is 1. The molecule has 0 heterocycles. The molecule has 4 nitrogen and oxygen atoms in total. The number of amides is 1. The zero-order valence-corrected chi connectivity index (χ0v) is 6.54. The minimum Gasteiger partial charge on any atom is -0.287 e. The molecule has 0 saturated carbocycles. The molecule has 1 aromatic rings. The van der Waals surface area contributed by atoms with Crippen molar-refractivity contribution in [1.29, 1.82) is 0 Å². The van der Waals surface area contributed by atoms with Gasteiger partial charge in [0.1, 0.15) is 0 Å². The van der Waals surface area contributed by atoms with Gasteiger partial charge in [0.05, 0.1) is 5.56 Å². The molecule has 1 rings (SSSR count). The van der Waals surface area contributed by atoms with Gasteiger partial charge in [0.15, 0.2) is 17.5 Å². The first-order valence-electron chi connectivity index (χ1n) is 3.31. The minimum atomic E-state index is -1.77. The summed E-state index contributed by atoms with van der Waals surface area (Å²) in [5.74, 6) is -6.16. The van der Waals surface area contributed by atoms with Crippen molar-refractivity contribution in [2.75, 3.05) is 0 Å². The molecule has 1 aromatic carbocycles. The molecule has 72 valence electrons. The van der Waals surface area contributed by atoms with Gasteiger partial charge in [-0.3, -0.25) is 4.79 Å². The van der Waals surface area contributed by atoms with E-state index in [1.165, 1.54) is 0 Å². The molecule has 0 radical (unpaired) electrons. The SMILES string of the molecule is [N-]=[N+]=NC(=O)c1ccc(F)c(F)c1F. The average Bonchev–Trinajstić information content (AvgIpc) is 2.15. The predicted molar refractivity (Wildman–Crippen MR) is 39.8 cm³/mol. The first-order chi connectivity index (χ1) is 6.57. The Morgan fingerprint density at radius 3 is 2.50 bits per heavy atom. The maximum Gasteiger partial charge on any atom is 0.252 e. The van der Waals surface area contributed by atoms with Crippen LogP contribution in [-0.2, 0) is 0 Å². The molecule has 1 amide bonds. The van der Waals surface area contributed by atoms with Crippen LogP contribution in [0.3, 0.4) is 0 Å². The lowest BCUT2D eigenvalue weighted by Gasteiger charge is -1.99. The van der Waals surface area contributed by atoms with E-state index in [1.54, 1.807) is 0 Å². The molecule has 0 aliphatic heterocycles. The van der Waals surface area contributed by atoms with Crippen molar-refractivity contribution in [3.63, 3.8) is 0 Å². The summed E-state index contributed by atoms with van der Waals surface area (Å²) in [5.41, 5.74) is 7.06. The van der Waals surface area contributed by atoms with Crippen molar-refractivity contribution < 1.29 is 18.0 Å². The van der Waals surface area contributed by atoms with Crippen LogP contribution in [0.4, 0.5) is 13.2 Å². The van der Waals surface area contributed by atoms with Gasteiger partial charge in [-0.1, -0.05) is 0 Å². The first-order valence-corrected chi connectivity index (χ1v) is 3.31. The van der Waals surface area contributed by atoms with E-state index >= 15 is 0 Å². The Bertz CT molecular complexity index is 440. The molecule has 0 aliphatic carbocycles. The van der Waals surface area contributed by atoms with Crippen LogP contribution in [0.25, 0.3) is 10.4 Å². The predicted octanol–water partition coefficient (Wildman–Crippen LogP) is 2.55. The largest absolute Gasteiger partial charge is 0.287 e. The third-order valence-corrected chi connectivity index (χ3v) is 1.40. The van der Waals surface area contributed by atoms with Gasteiger partial charge in [0.2, 0.25) is 0 Å². The van der Waals surface area contributed by atoms with Crippen molar-refractivity contribution in [3.8, 4) is 0 Å². The standard InChI is InChI=1S/C7H2F3N3O/c8-4-2-1-3(5(9)6(4)10)7(14)12-13-11/h1-2H. The molecule has 14 heavy (non-hydrogen) atoms. The Morgan fingerprint density at radius 2 is 1.93 bits per heavy atom. The molecular formula is C7H2F3N3O. The zero-order chi connectivity index (χ0) is 10.7. The van der Waals surface area contributed by atoms with Crippen LogP contribution in [0.15, 0.2) is 17.2 Å². The molecule has 0 saturated heterocycles. The number of azide groups is 1. The Kier molecular flexibility index (Phi) is 2.73. The maximum atomic E-state index is 12.8. The third kappa shape index (κ3) is 1.67. The van der Waals surface area contributed by atoms with Crippen LogP contribution in [0, 0.1) is 17.5 Å². The van der Waals surface area contributed by atoms with Gasteiger partial charge in [0.25, 0.3) is 5.91 Å². The summed E-state index contributed by atoms with van der Waals surface area (Å²) >= 11 is 0. The lowest BCUT2D eigenvalue weighted by atomic mass is 10.2. The van der Waals surface area contributed by atoms with Gasteiger partial charge >= 0.3 is 0 Å². The minimum absolute atomic E-state index is 0.568. The van der Waals surface area contributed by atoms with Crippen molar-refractivity contribution in [1.82, 2.24) is 0 Å². The summed E-state index contributed by atoms with van der Waals surface area (Å²) in [6.45, 7) is 0. The highest BCUT2D eigenvalue weighted by molar-refractivity contribution is 5.95. The van der Waals surface area contributed by atoms with E-state index < -0.39 is 28.9 Å². The molecule has 0 bridgehead atoms. The third-order valence-electron chi connectivity index (χ3n) is 1.40. The fraction of sp³-hybridized carbons (Fsp3) is 0. The Balaban J connectivity index is 3.31. The fourth-order valence-corrected chi connectivity index (χ4v) is 0.786. The second-order valence-corrected chi connectivity index (χ2v) is 2.22. The van der Waals surface area contributed by atoms with Crippen LogP contribution in [0.2, 0.25) is 0 Å². The molecule has 0 spiro atoms. The van der Waals surface area contributed by atoms with Gasteiger partial charge in [-0.05, 0) is 22.8 Å². The Hall–Kier alpha value is -2.01. The van der Waals surface area contributed by atoms with Crippen molar-refractivity contribution in [2.45, 2.75) is 0 Å². The number of nitrogens with zero attached hydrogens (tertiary/aromatic N) is 3. The zero-order valence-electron chi connectivity index (χ0n) is 6.54. The number of hydrogen-bond donors (Lipinski definition) is 0. The molecule has 0 unspecified atom stereocenters. The second-order valence-electron chi connectivity index (χ2n) is 2.22. The maximum absolute atomic E-state index is 12.8. The van der Waals surface area contributed by atoms with E-state index in [1.807, 2.05) is 0 Å². The van der Waals surface area contributed by atoms with Crippen LogP contribution in [0.5, 0.6) is 0 Å². The quantitative estimate of drug-likeness (QED) is 0.298. The molecule has 0 aliphatic rings. The monoisotopic (exact) mass is 201 g/mol. The summed E-state index contributed by atoms with van der Waals surface area (Å²) in [4.78, 5) is 12.9.